The number of nitrogens with two attached hydrogens (primary N) is 1. The molecule has 0 radical (unpaired) electrons. The summed E-state index contributed by atoms with van der Waals surface area (Å²) in [5.74, 6) is -7.83. The molecule has 2 heterocycles. The molecule has 2 aromatic rings. The zero-order chi connectivity index (χ0) is 23.8. The van der Waals surface area contributed by atoms with E-state index in [4.69, 9.17) is 15.2 Å². The highest BCUT2D eigenvalue weighted by atomic mass is 19.4. The first-order chi connectivity index (χ1) is 15.0. The highest BCUT2D eigenvalue weighted by Crippen LogP contribution is 2.49. The molecule has 172 valence electrons. The van der Waals surface area contributed by atoms with Crippen molar-refractivity contribution in [2.45, 2.75) is 31.2 Å². The quantitative estimate of drug-likeness (QED) is 0.669. The standard InChI is InChI=1S/C20H18F5N3O4/c1-8-13(10-3-4-11(21)14(22)15(10)31-2)16(32-17(8)20(23,24)25)19(30)28-9-5-6-27-12(7-9)18(26)29/h3-8,13,16-17H,1-2H3,(H2,26,29)(H,27,28,30)/t8-,13-,16-,17+/m0/s1. The SMILES string of the molecule is COc1c([C@@H]2[C@H](C)[C@H](C(F)(F)F)O[C@@H]2C(=O)Nc2ccnc(C(N)=O)c2)ccc(F)c1F. The van der Waals surface area contributed by atoms with Crippen LogP contribution in [0, 0.1) is 17.6 Å². The number of hydrogen-bond acceptors (Lipinski definition) is 5. The molecule has 0 saturated carbocycles. The maximum atomic E-state index is 14.3. The van der Waals surface area contributed by atoms with Gasteiger partial charge in [0, 0.05) is 29.3 Å². The molecule has 0 aliphatic carbocycles. The molecule has 7 nitrogen and oxygen atoms in total. The van der Waals surface area contributed by atoms with Gasteiger partial charge < -0.3 is 20.5 Å². The van der Waals surface area contributed by atoms with E-state index in [9.17, 15) is 31.5 Å². The summed E-state index contributed by atoms with van der Waals surface area (Å²) in [5, 5.41) is 2.35. The fourth-order valence-corrected chi connectivity index (χ4v) is 3.75. The van der Waals surface area contributed by atoms with Gasteiger partial charge in [0.15, 0.2) is 17.7 Å². The van der Waals surface area contributed by atoms with Crippen LogP contribution in [0.2, 0.25) is 0 Å². The fourth-order valence-electron chi connectivity index (χ4n) is 3.75. The first kappa shape index (κ1) is 23.4. The number of carbonyl (C=O) groups excluding carboxylic acids is 2. The van der Waals surface area contributed by atoms with Gasteiger partial charge in [0.05, 0.1) is 7.11 Å². The van der Waals surface area contributed by atoms with Crippen molar-refractivity contribution in [2.24, 2.45) is 11.7 Å². The second-order valence-electron chi connectivity index (χ2n) is 7.17. The molecule has 1 aliphatic heterocycles. The molecule has 0 spiro atoms. The highest BCUT2D eigenvalue weighted by Gasteiger charge is 2.57. The molecule has 3 N–H and O–H groups in total. The number of alkyl halides is 3. The Hall–Kier alpha value is -3.28. The maximum Gasteiger partial charge on any atom is 0.414 e. The number of primary amides is 1. The molecular formula is C20H18F5N3O4. The molecule has 1 aliphatic rings. The lowest BCUT2D eigenvalue weighted by atomic mass is 9.81. The van der Waals surface area contributed by atoms with Crippen LogP contribution in [0.5, 0.6) is 5.75 Å². The average molecular weight is 459 g/mol. The summed E-state index contributed by atoms with van der Waals surface area (Å²) < 4.78 is 78.5. The van der Waals surface area contributed by atoms with Crippen LogP contribution in [-0.4, -0.2) is 42.3 Å². The van der Waals surface area contributed by atoms with Gasteiger partial charge in [-0.1, -0.05) is 13.0 Å². The average Bonchev–Trinajstić information content (AvgIpc) is 3.07. The lowest BCUT2D eigenvalue weighted by Crippen LogP contribution is -2.35. The number of benzene rings is 1. The van der Waals surface area contributed by atoms with Crippen molar-refractivity contribution in [3.05, 3.63) is 53.4 Å². The van der Waals surface area contributed by atoms with Gasteiger partial charge >= 0.3 is 6.18 Å². The lowest BCUT2D eigenvalue weighted by molar-refractivity contribution is -0.221. The van der Waals surface area contributed by atoms with Crippen LogP contribution in [0.25, 0.3) is 0 Å². The Balaban J connectivity index is 2.02. The molecular weight excluding hydrogens is 441 g/mol. The summed E-state index contributed by atoms with van der Waals surface area (Å²) in [6.07, 6.45) is -7.74. The molecule has 12 heteroatoms. The number of carbonyl (C=O) groups is 2. The van der Waals surface area contributed by atoms with Crippen molar-refractivity contribution in [3.63, 3.8) is 0 Å². The van der Waals surface area contributed by atoms with E-state index in [0.717, 1.165) is 25.3 Å². The number of nitrogens with one attached hydrogen (secondary N) is 1. The van der Waals surface area contributed by atoms with Gasteiger partial charge in [-0.15, -0.1) is 0 Å². The molecule has 2 amide bonds. The van der Waals surface area contributed by atoms with E-state index in [1.165, 1.54) is 19.2 Å². The third-order valence-electron chi connectivity index (χ3n) is 5.17. The fraction of sp³-hybridized carbons (Fsp3) is 0.350. The number of ether oxygens (including phenoxy) is 2. The third-order valence-corrected chi connectivity index (χ3v) is 5.17. The topological polar surface area (TPSA) is 104 Å². The number of halogens is 5. The Labute approximate surface area is 178 Å². The first-order valence-corrected chi connectivity index (χ1v) is 9.26. The molecule has 1 aromatic carbocycles. The Bertz CT molecular complexity index is 1050. The van der Waals surface area contributed by atoms with Crippen LogP contribution in [0.4, 0.5) is 27.6 Å². The first-order valence-electron chi connectivity index (χ1n) is 9.26. The number of methoxy groups -OCH3 is 1. The van der Waals surface area contributed by atoms with Gasteiger partial charge in [-0.25, -0.2) is 4.39 Å². The molecule has 1 saturated heterocycles. The minimum atomic E-state index is -4.83. The van der Waals surface area contributed by atoms with Crippen LogP contribution in [-0.2, 0) is 9.53 Å². The van der Waals surface area contributed by atoms with E-state index < -0.39 is 59.4 Å². The number of aromatic nitrogens is 1. The third kappa shape index (κ3) is 4.35. The van der Waals surface area contributed by atoms with Crippen molar-refractivity contribution in [2.75, 3.05) is 12.4 Å². The maximum absolute atomic E-state index is 14.3. The Morgan fingerprint density at radius 1 is 1.22 bits per heavy atom. The minimum absolute atomic E-state index is 0.0292. The van der Waals surface area contributed by atoms with E-state index in [-0.39, 0.29) is 16.9 Å². The molecule has 1 aromatic heterocycles. The molecule has 4 atom stereocenters. The minimum Gasteiger partial charge on any atom is -0.493 e. The predicted molar refractivity (Wildman–Crippen MR) is 101 cm³/mol. The summed E-state index contributed by atoms with van der Waals surface area (Å²) >= 11 is 0. The summed E-state index contributed by atoms with van der Waals surface area (Å²) in [4.78, 5) is 27.9. The van der Waals surface area contributed by atoms with Crippen LogP contribution in [0.1, 0.15) is 28.9 Å². The smallest absolute Gasteiger partial charge is 0.414 e. The monoisotopic (exact) mass is 459 g/mol. The molecule has 0 bridgehead atoms. The zero-order valence-electron chi connectivity index (χ0n) is 16.7. The summed E-state index contributed by atoms with van der Waals surface area (Å²) in [5.41, 5.74) is 4.82. The molecule has 1 fully saturated rings. The van der Waals surface area contributed by atoms with Crippen LogP contribution >= 0.6 is 0 Å². The highest BCUT2D eigenvalue weighted by molar-refractivity contribution is 5.97. The van der Waals surface area contributed by atoms with E-state index >= 15 is 0 Å². The van der Waals surface area contributed by atoms with Crippen molar-refractivity contribution in [1.29, 1.82) is 0 Å². The molecule has 32 heavy (non-hydrogen) atoms. The van der Waals surface area contributed by atoms with E-state index in [0.29, 0.717) is 0 Å². The van der Waals surface area contributed by atoms with Gasteiger partial charge in [-0.05, 0) is 18.2 Å². The molecule has 0 unspecified atom stereocenters. The van der Waals surface area contributed by atoms with Gasteiger partial charge in [-0.3, -0.25) is 14.6 Å². The van der Waals surface area contributed by atoms with Crippen molar-refractivity contribution in [1.82, 2.24) is 4.98 Å². The normalized spacial score (nSPS) is 23.1. The Morgan fingerprint density at radius 2 is 1.91 bits per heavy atom. The summed E-state index contributed by atoms with van der Waals surface area (Å²) in [6, 6.07) is 4.21. The van der Waals surface area contributed by atoms with Crippen LogP contribution < -0.4 is 15.8 Å². The number of amides is 2. The van der Waals surface area contributed by atoms with Crippen LogP contribution in [0.3, 0.4) is 0 Å². The number of rotatable bonds is 5. The van der Waals surface area contributed by atoms with Gasteiger partial charge in [0.1, 0.15) is 11.8 Å². The van der Waals surface area contributed by atoms with Crippen molar-refractivity contribution < 1.29 is 41.0 Å². The largest absolute Gasteiger partial charge is 0.493 e. The lowest BCUT2D eigenvalue weighted by Gasteiger charge is -2.24. The second kappa shape index (κ2) is 8.69. The second-order valence-corrected chi connectivity index (χ2v) is 7.17. The Morgan fingerprint density at radius 3 is 2.50 bits per heavy atom. The van der Waals surface area contributed by atoms with E-state index in [1.807, 2.05) is 0 Å². The summed E-state index contributed by atoms with van der Waals surface area (Å²) in [6.45, 7) is 1.19. The van der Waals surface area contributed by atoms with Gasteiger partial charge in [-0.2, -0.15) is 17.6 Å². The number of pyridine rings is 1. The Kier molecular flexibility index (Phi) is 6.35. The van der Waals surface area contributed by atoms with E-state index in [1.54, 1.807) is 0 Å². The number of anilines is 1. The number of nitrogens with zero attached hydrogens (tertiary/aromatic N) is 1. The van der Waals surface area contributed by atoms with Crippen molar-refractivity contribution >= 4 is 17.5 Å². The van der Waals surface area contributed by atoms with Gasteiger partial charge in [0.2, 0.25) is 5.82 Å². The van der Waals surface area contributed by atoms with Crippen molar-refractivity contribution in [3.8, 4) is 5.75 Å². The summed E-state index contributed by atoms with van der Waals surface area (Å²) in [7, 11) is 1.03. The van der Waals surface area contributed by atoms with Gasteiger partial charge in [0.25, 0.3) is 11.8 Å². The molecule has 3 rings (SSSR count). The van der Waals surface area contributed by atoms with E-state index in [2.05, 4.69) is 10.3 Å². The van der Waals surface area contributed by atoms with Crippen LogP contribution in [0.15, 0.2) is 30.5 Å². The predicted octanol–water partition coefficient (Wildman–Crippen LogP) is 3.16. The number of hydrogen-bond donors (Lipinski definition) is 2. The zero-order valence-corrected chi connectivity index (χ0v) is 16.7.